The molecule has 10 nitrogen and oxygen atoms in total. The number of benzene rings is 1. The highest BCUT2D eigenvalue weighted by atomic mass is 16.5. The van der Waals surface area contributed by atoms with E-state index in [9.17, 15) is 14.4 Å². The minimum absolute atomic E-state index is 0.116. The van der Waals surface area contributed by atoms with Gasteiger partial charge in [-0.3, -0.25) is 19.4 Å². The van der Waals surface area contributed by atoms with Crippen molar-refractivity contribution >= 4 is 17.5 Å². The molecule has 10 heteroatoms. The zero-order valence-electron chi connectivity index (χ0n) is 24.9. The first-order valence-corrected chi connectivity index (χ1v) is 13.9. The van der Waals surface area contributed by atoms with E-state index in [0.717, 1.165) is 16.7 Å². The summed E-state index contributed by atoms with van der Waals surface area (Å²) < 4.78 is 17.1. The van der Waals surface area contributed by atoms with Gasteiger partial charge in [-0.05, 0) is 71.3 Å². The van der Waals surface area contributed by atoms with Crippen LogP contribution in [-0.4, -0.2) is 44.2 Å². The van der Waals surface area contributed by atoms with Gasteiger partial charge in [0, 0.05) is 31.4 Å². The summed E-state index contributed by atoms with van der Waals surface area (Å²) in [6.45, 7) is 5.63. The number of carbonyl (C=O) groups is 2. The number of nitrogens with one attached hydrogen (secondary N) is 3. The van der Waals surface area contributed by atoms with E-state index in [4.69, 9.17) is 14.2 Å². The lowest BCUT2D eigenvalue weighted by Crippen LogP contribution is -2.43. The highest BCUT2D eigenvalue weighted by Crippen LogP contribution is 2.50. The Morgan fingerprint density at radius 3 is 2.33 bits per heavy atom. The number of anilines is 1. The van der Waals surface area contributed by atoms with Crippen molar-refractivity contribution in [3.8, 4) is 28.4 Å². The predicted octanol–water partition coefficient (Wildman–Crippen LogP) is 4.01. The number of pyridine rings is 1. The quantitative estimate of drug-likeness (QED) is 0.332. The molecule has 0 saturated carbocycles. The highest BCUT2D eigenvalue weighted by Gasteiger charge is 2.30. The van der Waals surface area contributed by atoms with Crippen molar-refractivity contribution < 1.29 is 23.8 Å². The van der Waals surface area contributed by atoms with Crippen LogP contribution >= 0.6 is 0 Å². The molecule has 1 aromatic heterocycles. The van der Waals surface area contributed by atoms with Crippen LogP contribution in [0.4, 0.5) is 5.69 Å². The minimum atomic E-state index is -0.668. The van der Waals surface area contributed by atoms with E-state index < -0.39 is 12.1 Å². The first-order valence-electron chi connectivity index (χ1n) is 13.9. The molecule has 3 N–H and O–H groups in total. The number of carbonyl (C=O) groups excluding carboxylic acids is 2. The topological polar surface area (TPSA) is 128 Å². The molecule has 2 unspecified atom stereocenters. The summed E-state index contributed by atoms with van der Waals surface area (Å²) in [7, 11) is 4.66. The third-order valence-corrected chi connectivity index (χ3v) is 7.39. The molecule has 0 saturated heterocycles. The van der Waals surface area contributed by atoms with E-state index in [0.29, 0.717) is 47.8 Å². The summed E-state index contributed by atoms with van der Waals surface area (Å²) in [5, 5.41) is 9.15. The molecule has 4 rings (SSSR count). The van der Waals surface area contributed by atoms with Gasteiger partial charge in [0.2, 0.25) is 23.0 Å². The number of aryl methyl sites for hydroxylation is 1. The Kier molecular flexibility index (Phi) is 9.67. The molecule has 2 atom stereocenters. The Labute approximate surface area is 245 Å². The molecule has 0 spiro atoms. The van der Waals surface area contributed by atoms with Crippen LogP contribution in [0, 0.1) is 5.92 Å². The number of hydrogen-bond acceptors (Lipinski definition) is 8. The number of ether oxygens (including phenoxy) is 3. The maximum Gasteiger partial charge on any atom is 0.243 e. The zero-order chi connectivity index (χ0) is 30.4. The number of amides is 2. The fourth-order valence-corrected chi connectivity index (χ4v) is 5.33. The van der Waals surface area contributed by atoms with Gasteiger partial charge in [0.15, 0.2) is 11.5 Å². The summed E-state index contributed by atoms with van der Waals surface area (Å²) in [5.74, 6) is 0.879. The Bertz CT molecular complexity index is 1510. The number of aromatic nitrogens is 1. The molecule has 0 aliphatic heterocycles. The predicted molar refractivity (Wildman–Crippen MR) is 161 cm³/mol. The van der Waals surface area contributed by atoms with Crippen molar-refractivity contribution in [2.45, 2.75) is 52.2 Å². The van der Waals surface area contributed by atoms with Gasteiger partial charge in [-0.15, -0.1) is 0 Å². The summed E-state index contributed by atoms with van der Waals surface area (Å²) in [5.41, 5.74) is 3.94. The van der Waals surface area contributed by atoms with E-state index in [-0.39, 0.29) is 28.8 Å². The second-order valence-corrected chi connectivity index (χ2v) is 10.5. The van der Waals surface area contributed by atoms with Crippen molar-refractivity contribution in [2.24, 2.45) is 5.92 Å². The summed E-state index contributed by atoms with van der Waals surface area (Å²) in [4.78, 5) is 43.1. The Morgan fingerprint density at radius 2 is 1.71 bits per heavy atom. The molecule has 0 radical (unpaired) electrons. The van der Waals surface area contributed by atoms with Gasteiger partial charge >= 0.3 is 0 Å². The van der Waals surface area contributed by atoms with E-state index in [1.807, 2.05) is 38.1 Å². The smallest absolute Gasteiger partial charge is 0.243 e. The van der Waals surface area contributed by atoms with E-state index >= 15 is 0 Å². The van der Waals surface area contributed by atoms with Gasteiger partial charge in [0.1, 0.15) is 6.04 Å². The van der Waals surface area contributed by atoms with Crippen LogP contribution < -0.4 is 35.6 Å². The molecule has 0 fully saturated rings. The van der Waals surface area contributed by atoms with Crippen LogP contribution in [0.1, 0.15) is 49.9 Å². The van der Waals surface area contributed by atoms with E-state index in [1.165, 1.54) is 13.0 Å². The Balaban J connectivity index is 1.81. The molecule has 222 valence electrons. The van der Waals surface area contributed by atoms with Gasteiger partial charge < -0.3 is 30.2 Å². The number of methoxy groups -OCH3 is 3. The monoisotopic (exact) mass is 574 g/mol. The molecule has 42 heavy (non-hydrogen) atoms. The SMILES string of the molecule is COc1cc2c(c(OC)c1OC)-c1ccc(NC(C(=O)NCc3ccncc3)C(C)C)c(=O)cc1C(NC(C)=O)CC2. The van der Waals surface area contributed by atoms with Crippen LogP contribution in [0.5, 0.6) is 17.2 Å². The third kappa shape index (κ3) is 6.48. The van der Waals surface area contributed by atoms with E-state index in [2.05, 4.69) is 20.9 Å². The largest absolute Gasteiger partial charge is 0.493 e. The molecule has 2 amide bonds. The van der Waals surface area contributed by atoms with Crippen LogP contribution in [0.3, 0.4) is 0 Å². The third-order valence-electron chi connectivity index (χ3n) is 7.39. The van der Waals surface area contributed by atoms with Gasteiger partial charge in [-0.1, -0.05) is 19.9 Å². The zero-order valence-corrected chi connectivity index (χ0v) is 24.9. The fraction of sp³-hybridized carbons (Fsp3) is 0.375. The van der Waals surface area contributed by atoms with Crippen molar-refractivity contribution in [1.82, 2.24) is 15.6 Å². The van der Waals surface area contributed by atoms with Crippen molar-refractivity contribution in [3.05, 3.63) is 75.7 Å². The number of fused-ring (bicyclic) bond motifs is 3. The van der Waals surface area contributed by atoms with Crippen molar-refractivity contribution in [3.63, 3.8) is 0 Å². The average molecular weight is 575 g/mol. The lowest BCUT2D eigenvalue weighted by atomic mass is 9.95. The van der Waals surface area contributed by atoms with Crippen molar-refractivity contribution in [1.29, 1.82) is 0 Å². The van der Waals surface area contributed by atoms with Gasteiger partial charge in [-0.25, -0.2) is 0 Å². The molecular weight excluding hydrogens is 536 g/mol. The molecule has 2 aromatic carbocycles. The molecule has 1 aliphatic carbocycles. The highest BCUT2D eigenvalue weighted by molar-refractivity contribution is 5.86. The number of hydrogen-bond donors (Lipinski definition) is 3. The van der Waals surface area contributed by atoms with Crippen molar-refractivity contribution in [2.75, 3.05) is 26.6 Å². The van der Waals surface area contributed by atoms with Crippen LogP contribution in [0.25, 0.3) is 11.1 Å². The van der Waals surface area contributed by atoms with Gasteiger partial charge in [0.25, 0.3) is 0 Å². The minimum Gasteiger partial charge on any atom is -0.493 e. The average Bonchev–Trinajstić information content (AvgIpc) is 3.22. The normalized spacial score (nSPS) is 14.5. The van der Waals surface area contributed by atoms with Gasteiger partial charge in [0.05, 0.1) is 33.1 Å². The second-order valence-electron chi connectivity index (χ2n) is 10.5. The molecule has 3 aromatic rings. The summed E-state index contributed by atoms with van der Waals surface area (Å²) >= 11 is 0. The molecule has 1 heterocycles. The van der Waals surface area contributed by atoms with E-state index in [1.54, 1.807) is 39.8 Å². The number of rotatable bonds is 10. The van der Waals surface area contributed by atoms with Crippen LogP contribution in [0.15, 0.2) is 53.6 Å². The number of nitrogens with zero attached hydrogens (tertiary/aromatic N) is 1. The van der Waals surface area contributed by atoms with Crippen LogP contribution in [0.2, 0.25) is 0 Å². The lowest BCUT2D eigenvalue weighted by Gasteiger charge is -2.22. The first kappa shape index (κ1) is 30.4. The Morgan fingerprint density at radius 1 is 1.00 bits per heavy atom. The summed E-state index contributed by atoms with van der Waals surface area (Å²) in [6, 6.07) is 9.53. The second kappa shape index (κ2) is 13.4. The first-order chi connectivity index (χ1) is 20.2. The maximum atomic E-state index is 13.7. The molecule has 0 bridgehead atoms. The standard InChI is InChI=1S/C32H38N4O6/c1-18(2)29(32(39)34-17-20-11-13-33-14-12-20)36-25-10-8-22-23(16-26(25)38)24(35-19(3)37)9-7-21-15-27(40-4)30(41-5)31(42-6)28(21)22/h8,10-16,18,24,29H,7,9,17H2,1-6H3,(H,34,39)(H,35,37)(H,36,38). The molecular formula is C32H38N4O6. The maximum absolute atomic E-state index is 13.7. The Hall–Kier alpha value is -4.60. The molecule has 1 aliphatic rings. The fourth-order valence-electron chi connectivity index (χ4n) is 5.33. The van der Waals surface area contributed by atoms with Crippen LogP contribution in [-0.2, 0) is 22.6 Å². The summed E-state index contributed by atoms with van der Waals surface area (Å²) in [6.07, 6.45) is 4.49. The lowest BCUT2D eigenvalue weighted by molar-refractivity contribution is -0.123. The van der Waals surface area contributed by atoms with Gasteiger partial charge in [-0.2, -0.15) is 0 Å².